The van der Waals surface area contributed by atoms with Crippen LogP contribution < -0.4 is 24.8 Å². The van der Waals surface area contributed by atoms with Gasteiger partial charge in [0.2, 0.25) is 5.91 Å². The molecule has 1 aromatic heterocycles. The molecule has 0 spiro atoms. The largest absolute Gasteiger partial charge is 0.493 e. The number of nitrogens with zero attached hydrogens (tertiary/aromatic N) is 3. The summed E-state index contributed by atoms with van der Waals surface area (Å²) in [7, 11) is 0. The summed E-state index contributed by atoms with van der Waals surface area (Å²) < 4.78 is 18.7. The molecular weight excluding hydrogens is 765 g/mol. The van der Waals surface area contributed by atoms with E-state index < -0.39 is 5.54 Å². The molecule has 0 saturated carbocycles. The van der Waals surface area contributed by atoms with Gasteiger partial charge in [-0.3, -0.25) is 9.78 Å². The Labute approximate surface area is 337 Å². The van der Waals surface area contributed by atoms with Crippen LogP contribution in [0.3, 0.4) is 0 Å². The summed E-state index contributed by atoms with van der Waals surface area (Å²) >= 11 is 20.6. The molecule has 0 radical (unpaired) electrons. The van der Waals surface area contributed by atoms with Crippen LogP contribution in [0.1, 0.15) is 54.5 Å². The standard InChI is InChI=1S/C41H46Cl3N5O6/c1-26-33(6-4-7-36(26)53-13-5-11-49-12-10-32(21-49)48-27(2)52)39-34(42)9-8-30(40(39)44)23-55-38-16-37(54-22-29-14-28(17-45)18-46-19-29)31(15-35(38)43)20-47-41(3,24-50)25-51/h4,6-9,14-16,18-19,32,47,50-51H,5,10-13,20-25H2,1-3H3,(H,48,52)/t32-/m0/s1. The summed E-state index contributed by atoms with van der Waals surface area (Å²) in [4.78, 5) is 17.9. The lowest BCUT2D eigenvalue weighted by atomic mass is 9.98. The van der Waals surface area contributed by atoms with Gasteiger partial charge in [0.1, 0.15) is 36.5 Å². The van der Waals surface area contributed by atoms with Crippen LogP contribution in [0.2, 0.25) is 15.1 Å². The first-order valence-electron chi connectivity index (χ1n) is 18.0. The number of ether oxygens (including phenoxy) is 3. The number of carbonyl (C=O) groups excluding carboxylic acids is 1. The van der Waals surface area contributed by atoms with Crippen LogP contribution in [0.5, 0.6) is 17.2 Å². The first-order chi connectivity index (χ1) is 26.4. The van der Waals surface area contributed by atoms with E-state index in [1.165, 1.54) is 6.20 Å². The Balaban J connectivity index is 1.30. The number of nitriles is 1. The predicted octanol–water partition coefficient (Wildman–Crippen LogP) is 6.86. The van der Waals surface area contributed by atoms with E-state index in [0.717, 1.165) is 49.4 Å². The second kappa shape index (κ2) is 19.6. The fourth-order valence-electron chi connectivity index (χ4n) is 6.28. The zero-order valence-corrected chi connectivity index (χ0v) is 33.4. The van der Waals surface area contributed by atoms with E-state index in [4.69, 9.17) is 49.0 Å². The van der Waals surface area contributed by atoms with Gasteiger partial charge in [-0.2, -0.15) is 5.26 Å². The summed E-state index contributed by atoms with van der Waals surface area (Å²) in [5.41, 5.74) is 3.90. The molecule has 1 aliphatic rings. The Bertz CT molecular complexity index is 2000. The smallest absolute Gasteiger partial charge is 0.217 e. The number of carbonyl (C=O) groups is 1. The van der Waals surface area contributed by atoms with Gasteiger partial charge in [-0.1, -0.05) is 53.0 Å². The van der Waals surface area contributed by atoms with E-state index in [0.29, 0.717) is 61.0 Å². The predicted molar refractivity (Wildman–Crippen MR) is 214 cm³/mol. The van der Waals surface area contributed by atoms with Crippen molar-refractivity contribution in [3.8, 4) is 34.4 Å². The molecule has 1 atom stereocenters. The molecule has 1 saturated heterocycles. The maximum absolute atomic E-state index is 11.4. The van der Waals surface area contributed by atoms with Gasteiger partial charge in [-0.25, -0.2) is 0 Å². The summed E-state index contributed by atoms with van der Waals surface area (Å²) in [6.45, 7) is 8.27. The monoisotopic (exact) mass is 809 g/mol. The highest BCUT2D eigenvalue weighted by atomic mass is 35.5. The Kier molecular flexibility index (Phi) is 15.0. The molecule has 14 heteroatoms. The molecule has 1 aliphatic heterocycles. The number of aromatic nitrogens is 1. The Morgan fingerprint density at radius 2 is 1.78 bits per heavy atom. The van der Waals surface area contributed by atoms with Crippen molar-refractivity contribution in [1.29, 1.82) is 5.26 Å². The molecule has 0 unspecified atom stereocenters. The normalized spacial score (nSPS) is 14.4. The number of hydrogen-bond donors (Lipinski definition) is 4. The average molecular weight is 811 g/mol. The summed E-state index contributed by atoms with van der Waals surface area (Å²) in [6, 6.07) is 16.8. The van der Waals surface area contributed by atoms with Gasteiger partial charge in [-0.05, 0) is 62.1 Å². The van der Waals surface area contributed by atoms with Gasteiger partial charge in [0.05, 0.1) is 41.0 Å². The summed E-state index contributed by atoms with van der Waals surface area (Å²) in [5.74, 6) is 1.53. The van der Waals surface area contributed by atoms with Crippen LogP contribution in [0.15, 0.2) is 60.9 Å². The van der Waals surface area contributed by atoms with Gasteiger partial charge < -0.3 is 40.0 Å². The van der Waals surface area contributed by atoms with E-state index in [-0.39, 0.29) is 44.9 Å². The van der Waals surface area contributed by atoms with Crippen LogP contribution in [0.25, 0.3) is 11.1 Å². The molecule has 4 N–H and O–H groups in total. The average Bonchev–Trinajstić information content (AvgIpc) is 3.62. The third-order valence-corrected chi connectivity index (χ3v) is 10.5. The summed E-state index contributed by atoms with van der Waals surface area (Å²) in [5, 5.41) is 36.3. The highest BCUT2D eigenvalue weighted by molar-refractivity contribution is 6.39. The van der Waals surface area contributed by atoms with Gasteiger partial charge in [0, 0.05) is 84.9 Å². The fraction of sp³-hybridized carbons (Fsp3) is 0.390. The molecular formula is C41H46Cl3N5O6. The van der Waals surface area contributed by atoms with Crippen molar-refractivity contribution in [3.63, 3.8) is 0 Å². The molecule has 3 aromatic carbocycles. The molecule has 4 aromatic rings. The Morgan fingerprint density at radius 3 is 2.53 bits per heavy atom. The third-order valence-electron chi connectivity index (χ3n) is 9.50. The van der Waals surface area contributed by atoms with Crippen molar-refractivity contribution in [1.82, 2.24) is 20.5 Å². The third kappa shape index (κ3) is 11.2. The second-order valence-corrected chi connectivity index (χ2v) is 15.1. The molecule has 5 rings (SSSR count). The molecule has 1 fully saturated rings. The number of aliphatic hydroxyl groups is 2. The van der Waals surface area contributed by atoms with Crippen molar-refractivity contribution >= 4 is 40.7 Å². The zero-order valence-electron chi connectivity index (χ0n) is 31.1. The number of aliphatic hydroxyl groups excluding tert-OH is 2. The van der Waals surface area contributed by atoms with Gasteiger partial charge in [-0.15, -0.1) is 0 Å². The lowest BCUT2D eigenvalue weighted by molar-refractivity contribution is -0.119. The molecule has 1 amide bonds. The second-order valence-electron chi connectivity index (χ2n) is 13.9. The zero-order chi connectivity index (χ0) is 39.5. The number of halogens is 3. The van der Waals surface area contributed by atoms with Crippen molar-refractivity contribution in [3.05, 3.63) is 104 Å². The molecule has 0 aliphatic carbocycles. The van der Waals surface area contributed by atoms with Crippen molar-refractivity contribution in [2.24, 2.45) is 0 Å². The quantitative estimate of drug-likeness (QED) is 0.0786. The van der Waals surface area contributed by atoms with E-state index in [1.54, 1.807) is 44.3 Å². The van der Waals surface area contributed by atoms with E-state index >= 15 is 0 Å². The first kappa shape index (κ1) is 42.0. The lowest BCUT2D eigenvalue weighted by Crippen LogP contribution is -2.48. The first-order valence-corrected chi connectivity index (χ1v) is 19.1. The number of amides is 1. The minimum absolute atomic E-state index is 0.00534. The number of hydrogen-bond acceptors (Lipinski definition) is 10. The number of likely N-dealkylation sites (tertiary alicyclic amines) is 1. The van der Waals surface area contributed by atoms with Gasteiger partial charge in [0.25, 0.3) is 0 Å². The van der Waals surface area contributed by atoms with Crippen molar-refractivity contribution in [2.45, 2.75) is 65.0 Å². The summed E-state index contributed by atoms with van der Waals surface area (Å²) in [6.07, 6.45) is 4.89. The minimum Gasteiger partial charge on any atom is -0.493 e. The van der Waals surface area contributed by atoms with E-state index in [9.17, 15) is 20.3 Å². The van der Waals surface area contributed by atoms with Gasteiger partial charge in [0.15, 0.2) is 0 Å². The molecule has 11 nitrogen and oxygen atoms in total. The van der Waals surface area contributed by atoms with Crippen LogP contribution in [-0.4, -0.2) is 77.0 Å². The highest BCUT2D eigenvalue weighted by Crippen LogP contribution is 2.42. The Hall–Kier alpha value is -4.12. The molecule has 0 bridgehead atoms. The SMILES string of the molecule is CC(=O)N[C@H]1CCN(CCCOc2cccc(-c3c(Cl)ccc(COc4cc(OCc5cncc(C#N)c5)c(CNC(C)(CO)CO)cc4Cl)c3Cl)c2C)C1. The van der Waals surface area contributed by atoms with Crippen LogP contribution in [0.4, 0.5) is 0 Å². The topological polar surface area (TPSA) is 149 Å². The number of nitrogens with one attached hydrogen (secondary N) is 2. The van der Waals surface area contributed by atoms with Crippen molar-refractivity contribution in [2.75, 3.05) is 39.5 Å². The highest BCUT2D eigenvalue weighted by Gasteiger charge is 2.24. The minimum atomic E-state index is -0.939. The number of rotatable bonds is 18. The maximum atomic E-state index is 11.4. The maximum Gasteiger partial charge on any atom is 0.217 e. The molecule has 55 heavy (non-hydrogen) atoms. The Morgan fingerprint density at radius 1 is 1.00 bits per heavy atom. The molecule has 292 valence electrons. The van der Waals surface area contributed by atoms with Crippen LogP contribution in [0, 0.1) is 18.3 Å². The lowest BCUT2D eigenvalue weighted by Gasteiger charge is -2.27. The fourth-order valence-corrected chi connectivity index (χ4v) is 7.15. The van der Waals surface area contributed by atoms with Gasteiger partial charge >= 0.3 is 0 Å². The number of pyridine rings is 1. The molecule has 2 heterocycles. The van der Waals surface area contributed by atoms with Crippen LogP contribution >= 0.6 is 34.8 Å². The van der Waals surface area contributed by atoms with E-state index in [2.05, 4.69) is 26.6 Å². The number of benzene rings is 3. The van der Waals surface area contributed by atoms with Crippen molar-refractivity contribution < 1.29 is 29.2 Å². The van der Waals surface area contributed by atoms with E-state index in [1.807, 2.05) is 31.2 Å². The van der Waals surface area contributed by atoms with Crippen LogP contribution in [-0.2, 0) is 24.6 Å².